The van der Waals surface area contributed by atoms with Gasteiger partial charge in [-0.1, -0.05) is 30.3 Å². The number of para-hydroxylation sites is 2. The highest BCUT2D eigenvalue weighted by atomic mass is 16.6. The van der Waals surface area contributed by atoms with Gasteiger partial charge in [0, 0.05) is 28.2 Å². The van der Waals surface area contributed by atoms with E-state index in [9.17, 15) is 14.9 Å². The first-order chi connectivity index (χ1) is 11.6. The molecule has 3 aromatic rings. The first-order valence-electron chi connectivity index (χ1n) is 7.22. The number of H-pyrrole nitrogens is 1. The van der Waals surface area contributed by atoms with Crippen LogP contribution in [0.2, 0.25) is 0 Å². The quantitative estimate of drug-likeness (QED) is 0.438. The highest BCUT2D eigenvalue weighted by Crippen LogP contribution is 2.20. The maximum atomic E-state index is 12.1. The van der Waals surface area contributed by atoms with E-state index in [1.165, 1.54) is 24.4 Å². The number of fused-ring (bicyclic) bond motifs is 1. The van der Waals surface area contributed by atoms with Crippen LogP contribution in [0.3, 0.4) is 0 Å². The molecule has 2 N–H and O–H groups in total. The molecule has 3 rings (SSSR count). The Morgan fingerprint density at radius 2 is 1.92 bits per heavy atom. The molecule has 7 nitrogen and oxygen atoms in total. The molecule has 0 radical (unpaired) electrons. The number of hydrogen-bond acceptors (Lipinski definition) is 4. The highest BCUT2D eigenvalue weighted by Gasteiger charge is 2.18. The fraction of sp³-hybridized carbons (Fsp3) is 0.0588. The number of rotatable bonds is 4. The minimum absolute atomic E-state index is 0.0321. The van der Waals surface area contributed by atoms with E-state index in [4.69, 9.17) is 0 Å². The van der Waals surface area contributed by atoms with Crippen molar-refractivity contribution in [1.82, 2.24) is 10.4 Å². The monoisotopic (exact) mass is 322 g/mol. The number of amides is 1. The Kier molecular flexibility index (Phi) is 4.07. The Balaban J connectivity index is 1.83. The molecule has 1 heterocycles. The van der Waals surface area contributed by atoms with Crippen LogP contribution in [0.1, 0.15) is 21.6 Å². The van der Waals surface area contributed by atoms with Gasteiger partial charge in [-0.15, -0.1) is 0 Å². The van der Waals surface area contributed by atoms with Crippen molar-refractivity contribution >= 4 is 28.7 Å². The Hall–Kier alpha value is -3.48. The zero-order valence-electron chi connectivity index (χ0n) is 12.8. The predicted molar refractivity (Wildman–Crippen MR) is 91.2 cm³/mol. The van der Waals surface area contributed by atoms with Crippen molar-refractivity contribution in [3.63, 3.8) is 0 Å². The van der Waals surface area contributed by atoms with Crippen LogP contribution in [0.15, 0.2) is 53.6 Å². The van der Waals surface area contributed by atoms with Gasteiger partial charge in [0.05, 0.1) is 11.1 Å². The van der Waals surface area contributed by atoms with Crippen molar-refractivity contribution in [2.24, 2.45) is 5.10 Å². The summed E-state index contributed by atoms with van der Waals surface area (Å²) in [7, 11) is 0. The zero-order valence-corrected chi connectivity index (χ0v) is 12.8. The molecule has 24 heavy (non-hydrogen) atoms. The third-order valence-corrected chi connectivity index (χ3v) is 3.65. The molecule has 0 aliphatic heterocycles. The number of carbonyl (C=O) groups is 1. The minimum atomic E-state index is -0.629. The van der Waals surface area contributed by atoms with Gasteiger partial charge in [0.25, 0.3) is 11.6 Å². The molecule has 0 atom stereocenters. The number of aryl methyl sites for hydroxylation is 1. The SMILES string of the molecule is Cc1[nH]c2ccccc2c1C=NNC(=O)c1ccccc1[N+](=O)[O-]. The number of carbonyl (C=O) groups excluding carboxylic acids is 1. The summed E-state index contributed by atoms with van der Waals surface area (Å²) in [6, 6.07) is 13.5. The van der Waals surface area contributed by atoms with Gasteiger partial charge in [-0.2, -0.15) is 5.10 Å². The van der Waals surface area contributed by atoms with Gasteiger partial charge in [-0.05, 0) is 19.1 Å². The third-order valence-electron chi connectivity index (χ3n) is 3.65. The zero-order chi connectivity index (χ0) is 17.1. The first kappa shape index (κ1) is 15.4. The van der Waals surface area contributed by atoms with Crippen LogP contribution in [0.4, 0.5) is 5.69 Å². The summed E-state index contributed by atoms with van der Waals surface area (Å²) in [4.78, 5) is 25.7. The third kappa shape index (κ3) is 2.87. The lowest BCUT2D eigenvalue weighted by atomic mass is 10.1. The van der Waals surface area contributed by atoms with Gasteiger partial charge in [0.1, 0.15) is 5.56 Å². The molecule has 2 aromatic carbocycles. The van der Waals surface area contributed by atoms with E-state index in [1.807, 2.05) is 31.2 Å². The molecular weight excluding hydrogens is 308 g/mol. The van der Waals surface area contributed by atoms with Crippen molar-refractivity contribution in [3.8, 4) is 0 Å². The van der Waals surface area contributed by atoms with Crippen molar-refractivity contribution in [2.45, 2.75) is 6.92 Å². The summed E-state index contributed by atoms with van der Waals surface area (Å²) in [5.74, 6) is -0.629. The normalized spacial score (nSPS) is 11.0. The van der Waals surface area contributed by atoms with Crippen LogP contribution < -0.4 is 5.43 Å². The summed E-state index contributed by atoms with van der Waals surface area (Å²) in [6.07, 6.45) is 1.53. The lowest BCUT2D eigenvalue weighted by molar-refractivity contribution is -0.385. The molecule has 0 spiro atoms. The van der Waals surface area contributed by atoms with E-state index < -0.39 is 10.8 Å². The molecule has 0 bridgehead atoms. The second-order valence-electron chi connectivity index (χ2n) is 5.18. The van der Waals surface area contributed by atoms with Gasteiger partial charge in [-0.3, -0.25) is 14.9 Å². The van der Waals surface area contributed by atoms with Gasteiger partial charge in [0.15, 0.2) is 0 Å². The average Bonchev–Trinajstić information content (AvgIpc) is 2.90. The van der Waals surface area contributed by atoms with E-state index in [2.05, 4.69) is 15.5 Å². The molecule has 1 amide bonds. The Morgan fingerprint density at radius 3 is 2.71 bits per heavy atom. The number of hydrogen-bond donors (Lipinski definition) is 2. The summed E-state index contributed by atoms with van der Waals surface area (Å²) in [5, 5.41) is 15.9. The number of aromatic nitrogens is 1. The average molecular weight is 322 g/mol. The number of aromatic amines is 1. The van der Waals surface area contributed by atoms with Gasteiger partial charge in [-0.25, -0.2) is 5.43 Å². The predicted octanol–water partition coefficient (Wildman–Crippen LogP) is 3.15. The maximum Gasteiger partial charge on any atom is 0.282 e. The number of nitrogens with one attached hydrogen (secondary N) is 2. The molecule has 0 saturated heterocycles. The largest absolute Gasteiger partial charge is 0.358 e. The Morgan fingerprint density at radius 1 is 1.21 bits per heavy atom. The molecule has 0 fully saturated rings. The molecule has 0 aliphatic carbocycles. The van der Waals surface area contributed by atoms with Crippen LogP contribution in [-0.2, 0) is 0 Å². The number of benzene rings is 2. The number of nitro benzene ring substituents is 1. The second-order valence-corrected chi connectivity index (χ2v) is 5.18. The second kappa shape index (κ2) is 6.33. The standard InChI is InChI=1S/C17H14N4O3/c1-11-14(12-6-2-4-8-15(12)19-11)10-18-20-17(22)13-7-3-5-9-16(13)21(23)24/h2-10,19H,1H3,(H,20,22). The molecule has 7 heteroatoms. The van der Waals surface area contributed by atoms with Gasteiger partial charge < -0.3 is 4.98 Å². The fourth-order valence-electron chi connectivity index (χ4n) is 2.51. The van der Waals surface area contributed by atoms with Crippen LogP contribution in [0.25, 0.3) is 10.9 Å². The van der Waals surface area contributed by atoms with Gasteiger partial charge in [0.2, 0.25) is 0 Å². The van der Waals surface area contributed by atoms with Crippen LogP contribution in [0.5, 0.6) is 0 Å². The lowest BCUT2D eigenvalue weighted by Crippen LogP contribution is -2.19. The van der Waals surface area contributed by atoms with E-state index >= 15 is 0 Å². The molecule has 120 valence electrons. The topological polar surface area (TPSA) is 100 Å². The van der Waals surface area contributed by atoms with Crippen molar-refractivity contribution in [1.29, 1.82) is 0 Å². The van der Waals surface area contributed by atoms with E-state index in [0.29, 0.717) is 0 Å². The number of hydrazone groups is 1. The van der Waals surface area contributed by atoms with E-state index in [1.54, 1.807) is 6.07 Å². The van der Waals surface area contributed by atoms with E-state index in [-0.39, 0.29) is 11.3 Å². The molecule has 1 aromatic heterocycles. The Labute approximate surface area is 137 Å². The summed E-state index contributed by atoms with van der Waals surface area (Å²) < 4.78 is 0. The highest BCUT2D eigenvalue weighted by molar-refractivity contribution is 6.02. The molecule has 0 aliphatic rings. The fourth-order valence-corrected chi connectivity index (χ4v) is 2.51. The van der Waals surface area contributed by atoms with Crippen LogP contribution >= 0.6 is 0 Å². The number of nitro groups is 1. The van der Waals surface area contributed by atoms with E-state index in [0.717, 1.165) is 22.2 Å². The van der Waals surface area contributed by atoms with Crippen LogP contribution in [-0.4, -0.2) is 22.0 Å². The minimum Gasteiger partial charge on any atom is -0.358 e. The smallest absolute Gasteiger partial charge is 0.282 e. The molecular formula is C17H14N4O3. The summed E-state index contributed by atoms with van der Waals surface area (Å²) in [5.41, 5.74) is 4.79. The maximum absolute atomic E-state index is 12.1. The van der Waals surface area contributed by atoms with Crippen molar-refractivity contribution in [3.05, 3.63) is 75.5 Å². The first-order valence-corrected chi connectivity index (χ1v) is 7.22. The Bertz CT molecular complexity index is 959. The van der Waals surface area contributed by atoms with Crippen molar-refractivity contribution in [2.75, 3.05) is 0 Å². The summed E-state index contributed by atoms with van der Waals surface area (Å²) >= 11 is 0. The van der Waals surface area contributed by atoms with Gasteiger partial charge >= 0.3 is 0 Å². The van der Waals surface area contributed by atoms with Crippen molar-refractivity contribution < 1.29 is 9.72 Å². The molecule has 0 saturated carbocycles. The lowest BCUT2D eigenvalue weighted by Gasteiger charge is -2.01. The molecule has 0 unspecified atom stereocenters. The summed E-state index contributed by atoms with van der Waals surface area (Å²) in [6.45, 7) is 1.91. The number of nitrogens with zero attached hydrogens (tertiary/aromatic N) is 2. The van der Waals surface area contributed by atoms with Crippen LogP contribution in [0, 0.1) is 17.0 Å².